The standard InChI is InChI=1S/C12H13FN2S/c1-7-6-9(4-5-10(7)13)11-8(2)16-12(14-3)15-11/h4-6H,1-3H3,(H,14,15). The van der Waals surface area contributed by atoms with E-state index in [9.17, 15) is 4.39 Å². The predicted molar refractivity (Wildman–Crippen MR) is 66.5 cm³/mol. The summed E-state index contributed by atoms with van der Waals surface area (Å²) in [6.45, 7) is 3.78. The Balaban J connectivity index is 2.49. The summed E-state index contributed by atoms with van der Waals surface area (Å²) in [7, 11) is 1.85. The summed E-state index contributed by atoms with van der Waals surface area (Å²) >= 11 is 1.60. The quantitative estimate of drug-likeness (QED) is 0.861. The first-order chi connectivity index (χ1) is 7.61. The molecular formula is C12H13FN2S. The van der Waals surface area contributed by atoms with Crippen LogP contribution < -0.4 is 5.32 Å². The fraction of sp³-hybridized carbons (Fsp3) is 0.250. The van der Waals surface area contributed by atoms with Gasteiger partial charge in [0.1, 0.15) is 5.82 Å². The second-order valence-corrected chi connectivity index (χ2v) is 4.84. The Hall–Kier alpha value is -1.42. The molecule has 2 nitrogen and oxygen atoms in total. The first-order valence-electron chi connectivity index (χ1n) is 5.03. The van der Waals surface area contributed by atoms with Crippen LogP contribution in [0.25, 0.3) is 11.3 Å². The molecule has 2 aromatic rings. The van der Waals surface area contributed by atoms with Gasteiger partial charge in [0.15, 0.2) is 5.13 Å². The van der Waals surface area contributed by atoms with E-state index < -0.39 is 0 Å². The zero-order valence-electron chi connectivity index (χ0n) is 9.47. The van der Waals surface area contributed by atoms with Crippen molar-refractivity contribution in [2.24, 2.45) is 0 Å². The largest absolute Gasteiger partial charge is 0.365 e. The van der Waals surface area contributed by atoms with Crippen LogP contribution in [0.4, 0.5) is 9.52 Å². The van der Waals surface area contributed by atoms with Gasteiger partial charge in [-0.15, -0.1) is 11.3 Å². The zero-order chi connectivity index (χ0) is 11.7. The average molecular weight is 236 g/mol. The highest BCUT2D eigenvalue weighted by molar-refractivity contribution is 7.15. The van der Waals surface area contributed by atoms with Crippen molar-refractivity contribution in [3.63, 3.8) is 0 Å². The third-order valence-corrected chi connectivity index (χ3v) is 3.43. The molecule has 0 bridgehead atoms. The van der Waals surface area contributed by atoms with Crippen molar-refractivity contribution in [2.75, 3.05) is 12.4 Å². The lowest BCUT2D eigenvalue weighted by atomic mass is 10.1. The van der Waals surface area contributed by atoms with Crippen LogP contribution in [0.5, 0.6) is 0 Å². The highest BCUT2D eigenvalue weighted by atomic mass is 32.1. The molecule has 84 valence electrons. The monoisotopic (exact) mass is 236 g/mol. The molecule has 0 aliphatic rings. The fourth-order valence-electron chi connectivity index (χ4n) is 1.56. The maximum absolute atomic E-state index is 13.2. The molecule has 0 atom stereocenters. The maximum atomic E-state index is 13.2. The van der Waals surface area contributed by atoms with Gasteiger partial charge in [-0.05, 0) is 37.6 Å². The van der Waals surface area contributed by atoms with Crippen molar-refractivity contribution in [3.8, 4) is 11.3 Å². The molecule has 0 aliphatic heterocycles. The van der Waals surface area contributed by atoms with Crippen molar-refractivity contribution < 1.29 is 4.39 Å². The van der Waals surface area contributed by atoms with Gasteiger partial charge in [-0.2, -0.15) is 0 Å². The third-order valence-electron chi connectivity index (χ3n) is 2.44. The number of anilines is 1. The molecule has 1 aromatic heterocycles. The highest BCUT2D eigenvalue weighted by Crippen LogP contribution is 2.30. The van der Waals surface area contributed by atoms with Crippen molar-refractivity contribution in [1.82, 2.24) is 4.98 Å². The lowest BCUT2D eigenvalue weighted by Crippen LogP contribution is -1.88. The van der Waals surface area contributed by atoms with Gasteiger partial charge in [0.2, 0.25) is 0 Å². The summed E-state index contributed by atoms with van der Waals surface area (Å²) in [5, 5.41) is 3.90. The molecule has 0 unspecified atom stereocenters. The van der Waals surface area contributed by atoms with Crippen molar-refractivity contribution >= 4 is 16.5 Å². The first kappa shape index (κ1) is 11.1. The van der Waals surface area contributed by atoms with E-state index in [1.807, 2.05) is 20.0 Å². The second kappa shape index (κ2) is 4.22. The minimum absolute atomic E-state index is 0.175. The van der Waals surface area contributed by atoms with Gasteiger partial charge in [0.05, 0.1) is 5.69 Å². The fourth-order valence-corrected chi connectivity index (χ4v) is 2.35. The molecule has 0 aliphatic carbocycles. The Morgan fingerprint density at radius 3 is 2.62 bits per heavy atom. The lowest BCUT2D eigenvalue weighted by molar-refractivity contribution is 0.619. The lowest BCUT2D eigenvalue weighted by Gasteiger charge is -2.01. The van der Waals surface area contributed by atoms with Gasteiger partial charge in [-0.1, -0.05) is 0 Å². The Morgan fingerprint density at radius 1 is 1.31 bits per heavy atom. The molecule has 4 heteroatoms. The second-order valence-electron chi connectivity index (χ2n) is 3.64. The van der Waals surface area contributed by atoms with Gasteiger partial charge in [-0.25, -0.2) is 9.37 Å². The van der Waals surface area contributed by atoms with Crippen LogP contribution in [0.1, 0.15) is 10.4 Å². The van der Waals surface area contributed by atoms with Crippen molar-refractivity contribution in [1.29, 1.82) is 0 Å². The Kier molecular flexibility index (Phi) is 2.92. The van der Waals surface area contributed by atoms with Crippen LogP contribution in [0.2, 0.25) is 0 Å². The van der Waals surface area contributed by atoms with Crippen LogP contribution in [0.15, 0.2) is 18.2 Å². The molecule has 0 radical (unpaired) electrons. The number of hydrogen-bond donors (Lipinski definition) is 1. The first-order valence-corrected chi connectivity index (χ1v) is 5.85. The number of nitrogens with one attached hydrogen (secondary N) is 1. The molecule has 0 fully saturated rings. The molecule has 0 amide bonds. The summed E-state index contributed by atoms with van der Waals surface area (Å²) in [6, 6.07) is 5.09. The molecule has 0 spiro atoms. The average Bonchev–Trinajstić information content (AvgIpc) is 2.64. The van der Waals surface area contributed by atoms with Gasteiger partial charge in [0.25, 0.3) is 0 Å². The number of nitrogens with zero attached hydrogens (tertiary/aromatic N) is 1. The summed E-state index contributed by atoms with van der Waals surface area (Å²) in [6.07, 6.45) is 0. The van der Waals surface area contributed by atoms with Crippen molar-refractivity contribution in [3.05, 3.63) is 34.5 Å². The number of halogens is 1. The van der Waals surface area contributed by atoms with E-state index >= 15 is 0 Å². The van der Waals surface area contributed by atoms with Gasteiger partial charge in [0, 0.05) is 17.5 Å². The van der Waals surface area contributed by atoms with E-state index in [-0.39, 0.29) is 5.82 Å². The van der Waals surface area contributed by atoms with Gasteiger partial charge in [-0.3, -0.25) is 0 Å². The van der Waals surface area contributed by atoms with E-state index in [4.69, 9.17) is 0 Å². The molecular weight excluding hydrogens is 223 g/mol. The number of aromatic nitrogens is 1. The third kappa shape index (κ3) is 1.93. The Morgan fingerprint density at radius 2 is 2.06 bits per heavy atom. The van der Waals surface area contributed by atoms with Crippen LogP contribution in [-0.2, 0) is 0 Å². The SMILES string of the molecule is CNc1nc(-c2ccc(F)c(C)c2)c(C)s1. The van der Waals surface area contributed by atoms with Crippen LogP contribution >= 0.6 is 11.3 Å². The molecule has 2 rings (SSSR count). The Labute approximate surface area is 98.2 Å². The molecule has 1 heterocycles. The van der Waals surface area contributed by atoms with E-state index in [1.165, 1.54) is 6.07 Å². The molecule has 1 N–H and O–H groups in total. The minimum Gasteiger partial charge on any atom is -0.365 e. The van der Waals surface area contributed by atoms with E-state index in [1.54, 1.807) is 24.3 Å². The number of benzene rings is 1. The van der Waals surface area contributed by atoms with E-state index in [0.717, 1.165) is 21.3 Å². The van der Waals surface area contributed by atoms with Crippen LogP contribution in [-0.4, -0.2) is 12.0 Å². The maximum Gasteiger partial charge on any atom is 0.183 e. The molecule has 1 aromatic carbocycles. The number of rotatable bonds is 2. The van der Waals surface area contributed by atoms with E-state index in [2.05, 4.69) is 10.3 Å². The van der Waals surface area contributed by atoms with E-state index in [0.29, 0.717) is 5.56 Å². The molecule has 16 heavy (non-hydrogen) atoms. The van der Waals surface area contributed by atoms with Gasteiger partial charge < -0.3 is 5.32 Å². The summed E-state index contributed by atoms with van der Waals surface area (Å²) in [4.78, 5) is 5.59. The normalized spacial score (nSPS) is 10.5. The highest BCUT2D eigenvalue weighted by Gasteiger charge is 2.10. The zero-order valence-corrected chi connectivity index (χ0v) is 10.3. The smallest absolute Gasteiger partial charge is 0.183 e. The minimum atomic E-state index is -0.175. The summed E-state index contributed by atoms with van der Waals surface area (Å²) < 4.78 is 13.2. The predicted octanol–water partition coefficient (Wildman–Crippen LogP) is 3.61. The number of hydrogen-bond acceptors (Lipinski definition) is 3. The summed E-state index contributed by atoms with van der Waals surface area (Å²) in [5.41, 5.74) is 2.54. The molecule has 0 saturated carbocycles. The van der Waals surface area contributed by atoms with Crippen LogP contribution in [0.3, 0.4) is 0 Å². The topological polar surface area (TPSA) is 24.9 Å². The summed E-state index contributed by atoms with van der Waals surface area (Å²) in [5.74, 6) is -0.175. The number of aryl methyl sites for hydroxylation is 2. The van der Waals surface area contributed by atoms with Crippen LogP contribution in [0, 0.1) is 19.7 Å². The van der Waals surface area contributed by atoms with Crippen molar-refractivity contribution in [2.45, 2.75) is 13.8 Å². The van der Waals surface area contributed by atoms with Gasteiger partial charge >= 0.3 is 0 Å². The number of thiazole rings is 1. The molecule has 0 saturated heterocycles. The Bertz CT molecular complexity index is 520.